The van der Waals surface area contributed by atoms with Crippen LogP contribution in [0.4, 0.5) is 14.9 Å². The summed E-state index contributed by atoms with van der Waals surface area (Å²) >= 11 is 6.13. The van der Waals surface area contributed by atoms with E-state index >= 15 is 0 Å². The summed E-state index contributed by atoms with van der Waals surface area (Å²) in [5.74, 6) is -0.568. The molecule has 1 heterocycles. The van der Waals surface area contributed by atoms with Gasteiger partial charge in [-0.15, -0.1) is 0 Å². The summed E-state index contributed by atoms with van der Waals surface area (Å²) in [5, 5.41) is 20.9. The van der Waals surface area contributed by atoms with Crippen molar-refractivity contribution in [2.45, 2.75) is 25.3 Å². The molecule has 1 fully saturated rings. The van der Waals surface area contributed by atoms with E-state index in [0.717, 1.165) is 24.1 Å². The van der Waals surface area contributed by atoms with Crippen LogP contribution in [0.1, 0.15) is 40.4 Å². The number of carbonyl (C=O) groups is 2. The highest BCUT2D eigenvalue weighted by molar-refractivity contribution is 6.34. The molecule has 1 aliphatic rings. The van der Waals surface area contributed by atoms with Gasteiger partial charge in [-0.25, -0.2) is 9.18 Å². The lowest BCUT2D eigenvalue weighted by Gasteiger charge is -2.09. The van der Waals surface area contributed by atoms with Crippen molar-refractivity contribution in [1.29, 1.82) is 0 Å². The highest BCUT2D eigenvalue weighted by Gasteiger charge is 2.31. The first-order valence-corrected chi connectivity index (χ1v) is 11.8. The van der Waals surface area contributed by atoms with Crippen molar-refractivity contribution in [2.24, 2.45) is 0 Å². The number of amides is 2. The standard InChI is InChI=1S/C27H22ClFN4O3/c28-22-4-2-1-3-20(22)26(35)31-19-11-12-25(34)21(13-19)23-14-24(17-7-8-17)33(32-23)27(36)30-15-16-5-9-18(29)10-6-16/h1-6,9-14,17,34H,7-8,15H2,(H,30,36)(H,31,35). The number of aromatic nitrogens is 2. The Hall–Kier alpha value is -4.17. The number of benzene rings is 3. The quantitative estimate of drug-likeness (QED) is 0.283. The van der Waals surface area contributed by atoms with E-state index in [0.29, 0.717) is 27.5 Å². The number of phenols is 1. The second-order valence-electron chi connectivity index (χ2n) is 8.59. The zero-order valence-electron chi connectivity index (χ0n) is 19.0. The second-order valence-corrected chi connectivity index (χ2v) is 9.00. The topological polar surface area (TPSA) is 96.2 Å². The molecule has 1 aromatic heterocycles. The summed E-state index contributed by atoms with van der Waals surface area (Å²) in [6.07, 6.45) is 1.88. The van der Waals surface area contributed by atoms with E-state index < -0.39 is 6.03 Å². The summed E-state index contributed by atoms with van der Waals surface area (Å²) in [6.45, 7) is 0.216. The van der Waals surface area contributed by atoms with Crippen molar-refractivity contribution in [3.8, 4) is 17.0 Å². The number of hydrogen-bond acceptors (Lipinski definition) is 4. The molecule has 0 aliphatic heterocycles. The number of phenolic OH excluding ortho intramolecular Hbond substituents is 1. The van der Waals surface area contributed by atoms with Gasteiger partial charge in [0.2, 0.25) is 0 Å². The molecule has 5 rings (SSSR count). The third-order valence-corrected chi connectivity index (χ3v) is 6.26. The van der Waals surface area contributed by atoms with Gasteiger partial charge in [-0.1, -0.05) is 35.9 Å². The molecule has 9 heteroatoms. The summed E-state index contributed by atoms with van der Waals surface area (Å²) < 4.78 is 14.5. The van der Waals surface area contributed by atoms with Crippen LogP contribution in [0.15, 0.2) is 72.8 Å². The number of nitrogens with zero attached hydrogens (tertiary/aromatic N) is 2. The molecule has 0 bridgehead atoms. The predicted molar refractivity (Wildman–Crippen MR) is 135 cm³/mol. The summed E-state index contributed by atoms with van der Waals surface area (Å²) in [7, 11) is 0. The molecule has 0 atom stereocenters. The van der Waals surface area contributed by atoms with Crippen LogP contribution in [0.5, 0.6) is 5.75 Å². The number of carbonyl (C=O) groups excluding carboxylic acids is 2. The van der Waals surface area contributed by atoms with Crippen LogP contribution in [0, 0.1) is 5.82 Å². The Morgan fingerprint density at radius 2 is 1.81 bits per heavy atom. The molecule has 36 heavy (non-hydrogen) atoms. The molecule has 1 saturated carbocycles. The Morgan fingerprint density at radius 1 is 1.06 bits per heavy atom. The third kappa shape index (κ3) is 5.08. The zero-order valence-corrected chi connectivity index (χ0v) is 19.8. The minimum absolute atomic E-state index is 0.0375. The minimum atomic E-state index is -0.421. The van der Waals surface area contributed by atoms with Crippen LogP contribution < -0.4 is 10.6 Å². The fraction of sp³-hybridized carbons (Fsp3) is 0.148. The molecule has 0 spiro atoms. The van der Waals surface area contributed by atoms with E-state index in [1.54, 1.807) is 54.6 Å². The lowest BCUT2D eigenvalue weighted by molar-refractivity contribution is 0.102. The molecular formula is C27H22ClFN4O3. The Morgan fingerprint density at radius 3 is 2.53 bits per heavy atom. The fourth-order valence-corrected chi connectivity index (χ4v) is 4.10. The van der Waals surface area contributed by atoms with Gasteiger partial charge in [0.05, 0.1) is 22.0 Å². The maximum absolute atomic E-state index is 13.1. The van der Waals surface area contributed by atoms with Crippen LogP contribution in [-0.2, 0) is 6.54 Å². The molecule has 3 N–H and O–H groups in total. The normalized spacial score (nSPS) is 12.8. The lowest BCUT2D eigenvalue weighted by Crippen LogP contribution is -2.30. The number of anilines is 1. The molecule has 2 amide bonds. The first-order chi connectivity index (χ1) is 17.4. The molecule has 0 radical (unpaired) electrons. The zero-order chi connectivity index (χ0) is 25.2. The van der Waals surface area contributed by atoms with E-state index in [1.165, 1.54) is 22.9 Å². The van der Waals surface area contributed by atoms with Crippen molar-refractivity contribution in [1.82, 2.24) is 15.1 Å². The number of hydrogen-bond donors (Lipinski definition) is 3. The molecule has 1 aliphatic carbocycles. The Kier molecular flexibility index (Phi) is 6.43. The van der Waals surface area contributed by atoms with Gasteiger partial charge in [-0.2, -0.15) is 9.78 Å². The predicted octanol–water partition coefficient (Wildman–Crippen LogP) is 5.94. The third-order valence-electron chi connectivity index (χ3n) is 5.93. The monoisotopic (exact) mass is 504 g/mol. The van der Waals surface area contributed by atoms with Crippen LogP contribution in [0.2, 0.25) is 5.02 Å². The Balaban J connectivity index is 1.39. The molecule has 4 aromatic rings. The van der Waals surface area contributed by atoms with Crippen LogP contribution in [0.3, 0.4) is 0 Å². The smallest absolute Gasteiger partial charge is 0.342 e. The van der Waals surface area contributed by atoms with Gasteiger partial charge in [-0.3, -0.25) is 4.79 Å². The SMILES string of the molecule is O=C(Nc1ccc(O)c(-c2cc(C3CC3)n(C(=O)NCc3ccc(F)cc3)n2)c1)c1ccccc1Cl. The maximum Gasteiger partial charge on any atom is 0.342 e. The molecule has 0 saturated heterocycles. The van der Waals surface area contributed by atoms with E-state index in [1.807, 2.05) is 0 Å². The highest BCUT2D eigenvalue weighted by atomic mass is 35.5. The van der Waals surface area contributed by atoms with Gasteiger partial charge in [0.15, 0.2) is 0 Å². The molecule has 3 aromatic carbocycles. The molecule has 0 unspecified atom stereocenters. The summed E-state index contributed by atoms with van der Waals surface area (Å²) in [6, 6.07) is 18.6. The van der Waals surface area contributed by atoms with Gasteiger partial charge >= 0.3 is 6.03 Å². The fourth-order valence-electron chi connectivity index (χ4n) is 3.88. The van der Waals surface area contributed by atoms with Gasteiger partial charge in [-0.05, 0) is 66.9 Å². The Labute approximate surface area is 211 Å². The van der Waals surface area contributed by atoms with Gasteiger partial charge in [0.1, 0.15) is 11.6 Å². The van der Waals surface area contributed by atoms with Crippen molar-refractivity contribution >= 4 is 29.2 Å². The first-order valence-electron chi connectivity index (χ1n) is 11.4. The number of aromatic hydroxyl groups is 1. The van der Waals surface area contributed by atoms with Gasteiger partial charge in [0, 0.05) is 23.7 Å². The molecule has 182 valence electrons. The summed E-state index contributed by atoms with van der Waals surface area (Å²) in [5.41, 5.74) is 3.04. The van der Waals surface area contributed by atoms with E-state index in [-0.39, 0.29) is 29.9 Å². The lowest BCUT2D eigenvalue weighted by atomic mass is 10.1. The van der Waals surface area contributed by atoms with Crippen LogP contribution >= 0.6 is 11.6 Å². The molecular weight excluding hydrogens is 483 g/mol. The largest absolute Gasteiger partial charge is 0.507 e. The Bertz CT molecular complexity index is 1450. The minimum Gasteiger partial charge on any atom is -0.507 e. The first kappa shape index (κ1) is 23.6. The van der Waals surface area contributed by atoms with E-state index in [2.05, 4.69) is 15.7 Å². The van der Waals surface area contributed by atoms with Crippen molar-refractivity contribution in [3.05, 3.63) is 100 Å². The average Bonchev–Trinajstić information content (AvgIpc) is 3.63. The number of rotatable bonds is 6. The van der Waals surface area contributed by atoms with Crippen LogP contribution in [0.25, 0.3) is 11.3 Å². The van der Waals surface area contributed by atoms with Crippen molar-refractivity contribution < 1.29 is 19.1 Å². The van der Waals surface area contributed by atoms with Crippen molar-refractivity contribution in [3.63, 3.8) is 0 Å². The van der Waals surface area contributed by atoms with Gasteiger partial charge < -0.3 is 15.7 Å². The number of nitrogens with one attached hydrogen (secondary N) is 2. The highest BCUT2D eigenvalue weighted by Crippen LogP contribution is 2.42. The van der Waals surface area contributed by atoms with E-state index in [4.69, 9.17) is 11.6 Å². The maximum atomic E-state index is 13.1. The van der Waals surface area contributed by atoms with E-state index in [9.17, 15) is 19.1 Å². The van der Waals surface area contributed by atoms with Crippen molar-refractivity contribution in [2.75, 3.05) is 5.32 Å². The van der Waals surface area contributed by atoms with Crippen LogP contribution in [-0.4, -0.2) is 26.8 Å². The number of halogens is 2. The second kappa shape index (κ2) is 9.83. The average molecular weight is 505 g/mol. The van der Waals surface area contributed by atoms with Gasteiger partial charge in [0.25, 0.3) is 5.91 Å². The summed E-state index contributed by atoms with van der Waals surface area (Å²) in [4.78, 5) is 25.6. The molecule has 7 nitrogen and oxygen atoms in total.